The molecule has 1 amide bonds. The molecule has 0 saturated carbocycles. The predicted octanol–water partition coefficient (Wildman–Crippen LogP) is 4.05. The maximum atomic E-state index is 13.0. The normalized spacial score (nSPS) is 17.4. The van der Waals surface area contributed by atoms with Crippen molar-refractivity contribution in [2.45, 2.75) is 18.8 Å². The molecule has 3 heterocycles. The van der Waals surface area contributed by atoms with Crippen LogP contribution in [0, 0.1) is 10.1 Å². The van der Waals surface area contributed by atoms with E-state index in [1.54, 1.807) is 17.0 Å². The highest BCUT2D eigenvalue weighted by molar-refractivity contribution is 6.33. The van der Waals surface area contributed by atoms with E-state index in [0.29, 0.717) is 41.9 Å². The van der Waals surface area contributed by atoms with Gasteiger partial charge >= 0.3 is 0 Å². The van der Waals surface area contributed by atoms with Crippen LogP contribution < -0.4 is 9.47 Å². The highest BCUT2D eigenvalue weighted by Crippen LogP contribution is 2.36. The third-order valence-electron chi connectivity index (χ3n) is 5.51. The number of aromatic nitrogens is 2. The van der Waals surface area contributed by atoms with Gasteiger partial charge in [0.15, 0.2) is 11.5 Å². The van der Waals surface area contributed by atoms with E-state index in [0.717, 1.165) is 12.8 Å². The largest absolute Gasteiger partial charge is 0.454 e. The van der Waals surface area contributed by atoms with Crippen molar-refractivity contribution in [3.63, 3.8) is 0 Å². The number of rotatable bonds is 4. The van der Waals surface area contributed by atoms with Crippen molar-refractivity contribution >= 4 is 23.2 Å². The Labute approximate surface area is 186 Å². The molecule has 1 atom stereocenters. The lowest BCUT2D eigenvalue weighted by molar-refractivity contribution is -0.384. The number of hydrogen-bond acceptors (Lipinski definition) is 8. The van der Waals surface area contributed by atoms with Crippen molar-refractivity contribution < 1.29 is 23.6 Å². The molecule has 2 aliphatic rings. The summed E-state index contributed by atoms with van der Waals surface area (Å²) in [5, 5.41) is 19.6. The number of carbonyl (C=O) groups excluding carboxylic acids is 1. The van der Waals surface area contributed by atoms with Crippen LogP contribution in [-0.4, -0.2) is 45.8 Å². The second-order valence-electron chi connectivity index (χ2n) is 7.53. The third kappa shape index (κ3) is 3.73. The number of nitrogens with zero attached hydrogens (tertiary/aromatic N) is 4. The lowest BCUT2D eigenvalue weighted by Gasteiger charge is -2.31. The van der Waals surface area contributed by atoms with Gasteiger partial charge in [-0.3, -0.25) is 14.9 Å². The molecular weight excluding hydrogens is 440 g/mol. The molecule has 0 N–H and O–H groups in total. The van der Waals surface area contributed by atoms with Crippen molar-refractivity contribution in [2.24, 2.45) is 0 Å². The number of halogens is 1. The summed E-state index contributed by atoms with van der Waals surface area (Å²) in [4.78, 5) is 25.2. The van der Waals surface area contributed by atoms with Crippen LogP contribution in [0.3, 0.4) is 0 Å². The predicted molar refractivity (Wildman–Crippen MR) is 112 cm³/mol. The van der Waals surface area contributed by atoms with Crippen molar-refractivity contribution in [3.8, 4) is 23.0 Å². The summed E-state index contributed by atoms with van der Waals surface area (Å²) in [7, 11) is 0. The topological polar surface area (TPSA) is 121 Å². The molecule has 10 nitrogen and oxygen atoms in total. The fraction of sp³-hybridized carbons (Fsp3) is 0.286. The third-order valence-corrected chi connectivity index (χ3v) is 5.84. The van der Waals surface area contributed by atoms with Gasteiger partial charge in [0.1, 0.15) is 0 Å². The maximum Gasteiger partial charge on any atom is 0.270 e. The Morgan fingerprint density at radius 3 is 2.84 bits per heavy atom. The summed E-state index contributed by atoms with van der Waals surface area (Å²) in [6, 6.07) is 9.22. The molecule has 2 aliphatic heterocycles. The van der Waals surface area contributed by atoms with Crippen LogP contribution in [0.4, 0.5) is 5.69 Å². The number of likely N-dealkylation sites (tertiary alicyclic amines) is 1. The Morgan fingerprint density at radius 2 is 2.00 bits per heavy atom. The second-order valence-corrected chi connectivity index (χ2v) is 7.93. The SMILES string of the molecule is O=C(c1cc([N+](=O)[O-])ccc1Cl)N1CCCC(c2nnc(-c3ccc4c(c3)OCO4)o2)C1. The number of fused-ring (bicyclic) bond motifs is 1. The minimum absolute atomic E-state index is 0.105. The van der Waals surface area contributed by atoms with Crippen LogP contribution >= 0.6 is 11.6 Å². The van der Waals surface area contributed by atoms with Crippen LogP contribution in [0.2, 0.25) is 5.02 Å². The van der Waals surface area contributed by atoms with Gasteiger partial charge in [0.25, 0.3) is 11.6 Å². The molecular formula is C21H17ClN4O6. The van der Waals surface area contributed by atoms with Crippen LogP contribution in [0.15, 0.2) is 40.8 Å². The van der Waals surface area contributed by atoms with Gasteiger partial charge in [0.2, 0.25) is 18.6 Å². The Hall–Kier alpha value is -3.66. The first-order chi connectivity index (χ1) is 15.5. The van der Waals surface area contributed by atoms with Crippen LogP contribution in [0.5, 0.6) is 11.5 Å². The summed E-state index contributed by atoms with van der Waals surface area (Å²) in [6.45, 7) is 1.03. The van der Waals surface area contributed by atoms with Crippen molar-refractivity contribution in [3.05, 3.63) is 63.0 Å². The summed E-state index contributed by atoms with van der Waals surface area (Å²) in [5.74, 6) is 1.54. The number of piperidine rings is 1. The second kappa shape index (κ2) is 8.12. The van der Waals surface area contributed by atoms with Gasteiger partial charge in [-0.25, -0.2) is 0 Å². The number of nitro benzene ring substituents is 1. The quantitative estimate of drug-likeness (QED) is 0.426. The zero-order chi connectivity index (χ0) is 22.2. The lowest BCUT2D eigenvalue weighted by Crippen LogP contribution is -2.39. The molecule has 0 spiro atoms. The number of hydrogen-bond donors (Lipinski definition) is 0. The molecule has 32 heavy (non-hydrogen) atoms. The highest BCUT2D eigenvalue weighted by Gasteiger charge is 2.30. The molecule has 3 aromatic rings. The van der Waals surface area contributed by atoms with Crippen molar-refractivity contribution in [2.75, 3.05) is 19.9 Å². The minimum atomic E-state index is -0.553. The van der Waals surface area contributed by atoms with Gasteiger partial charge in [-0.05, 0) is 37.1 Å². The van der Waals surface area contributed by atoms with E-state index in [4.69, 9.17) is 25.5 Å². The molecule has 1 unspecified atom stereocenters. The molecule has 164 valence electrons. The summed E-state index contributed by atoms with van der Waals surface area (Å²) >= 11 is 6.15. The van der Waals surface area contributed by atoms with Crippen LogP contribution in [0.25, 0.3) is 11.5 Å². The smallest absolute Gasteiger partial charge is 0.270 e. The molecule has 1 fully saturated rings. The van der Waals surface area contributed by atoms with Crippen LogP contribution in [0.1, 0.15) is 35.0 Å². The molecule has 2 aromatic carbocycles. The molecule has 1 saturated heterocycles. The van der Waals surface area contributed by atoms with E-state index in [2.05, 4.69) is 10.2 Å². The fourth-order valence-corrected chi connectivity index (χ4v) is 4.07. The first-order valence-electron chi connectivity index (χ1n) is 9.96. The Balaban J connectivity index is 1.34. The Kier molecular flexibility index (Phi) is 5.14. The number of nitro groups is 1. The molecule has 0 aliphatic carbocycles. The molecule has 0 radical (unpaired) electrons. The van der Waals surface area contributed by atoms with Gasteiger partial charge in [-0.15, -0.1) is 10.2 Å². The van der Waals surface area contributed by atoms with E-state index < -0.39 is 4.92 Å². The molecule has 0 bridgehead atoms. The number of ether oxygens (including phenoxy) is 2. The monoisotopic (exact) mass is 456 g/mol. The van der Waals surface area contributed by atoms with Crippen molar-refractivity contribution in [1.29, 1.82) is 0 Å². The standard InChI is InChI=1S/C21H17ClN4O6/c22-16-5-4-14(26(28)29)9-15(16)21(27)25-7-1-2-13(10-25)20-24-23-19(32-20)12-3-6-17-18(8-12)31-11-30-17/h3-6,8-9,13H,1-2,7,10-11H2. The van der Waals surface area contributed by atoms with E-state index in [1.807, 2.05) is 6.07 Å². The number of benzene rings is 2. The Bertz CT molecular complexity index is 1210. The fourth-order valence-electron chi connectivity index (χ4n) is 3.87. The summed E-state index contributed by atoms with van der Waals surface area (Å²) < 4.78 is 16.6. The number of carbonyl (C=O) groups is 1. The van der Waals surface area contributed by atoms with E-state index in [-0.39, 0.29) is 34.9 Å². The highest BCUT2D eigenvalue weighted by atomic mass is 35.5. The minimum Gasteiger partial charge on any atom is -0.454 e. The van der Waals surface area contributed by atoms with Gasteiger partial charge in [0.05, 0.1) is 21.4 Å². The van der Waals surface area contributed by atoms with Crippen LogP contribution in [-0.2, 0) is 0 Å². The van der Waals surface area contributed by atoms with Gasteiger partial charge < -0.3 is 18.8 Å². The number of non-ortho nitro benzene ring substituents is 1. The average Bonchev–Trinajstić information content (AvgIpc) is 3.48. The number of amides is 1. The van der Waals surface area contributed by atoms with Gasteiger partial charge in [0, 0.05) is 30.8 Å². The summed E-state index contributed by atoms with van der Waals surface area (Å²) in [6.07, 6.45) is 1.50. The zero-order valence-corrected chi connectivity index (χ0v) is 17.4. The zero-order valence-electron chi connectivity index (χ0n) is 16.7. The first kappa shape index (κ1) is 20.3. The van der Waals surface area contributed by atoms with E-state index in [9.17, 15) is 14.9 Å². The van der Waals surface area contributed by atoms with E-state index in [1.165, 1.54) is 18.2 Å². The maximum absolute atomic E-state index is 13.0. The molecule has 11 heteroatoms. The molecule has 1 aromatic heterocycles. The summed E-state index contributed by atoms with van der Waals surface area (Å²) in [5.41, 5.74) is 0.629. The van der Waals surface area contributed by atoms with E-state index >= 15 is 0 Å². The van der Waals surface area contributed by atoms with Gasteiger partial charge in [-0.1, -0.05) is 11.6 Å². The molecule has 5 rings (SSSR count). The average molecular weight is 457 g/mol. The van der Waals surface area contributed by atoms with Crippen molar-refractivity contribution in [1.82, 2.24) is 15.1 Å². The Morgan fingerprint density at radius 1 is 1.16 bits per heavy atom. The van der Waals surface area contributed by atoms with Gasteiger partial charge in [-0.2, -0.15) is 0 Å². The lowest BCUT2D eigenvalue weighted by atomic mass is 9.97. The first-order valence-corrected chi connectivity index (χ1v) is 10.3.